The Hall–Kier alpha value is -2.83. The molecule has 0 aliphatic carbocycles. The molecular weight excluding hydrogens is 371 g/mol. The number of hydrogen-bond acceptors (Lipinski definition) is 3. The fourth-order valence-corrected chi connectivity index (χ4v) is 2.75. The minimum Gasteiger partial charge on any atom is -0.452 e. The second kappa shape index (κ2) is 9.39. The Balaban J connectivity index is 2.11. The number of halogens is 3. The summed E-state index contributed by atoms with van der Waals surface area (Å²) in [5.74, 6) is -6.62. The van der Waals surface area contributed by atoms with Crippen LogP contribution < -0.4 is 5.32 Å². The second-order valence-electron chi connectivity index (χ2n) is 6.57. The predicted molar refractivity (Wildman–Crippen MR) is 99.1 cm³/mol. The highest BCUT2D eigenvalue weighted by Gasteiger charge is 2.30. The first kappa shape index (κ1) is 21.5. The molecule has 0 fully saturated rings. The van der Waals surface area contributed by atoms with Gasteiger partial charge in [-0.2, -0.15) is 0 Å². The molecule has 0 saturated carbocycles. The fraction of sp³-hybridized carbons (Fsp3) is 0.333. The minimum absolute atomic E-state index is 0.0335. The first-order chi connectivity index (χ1) is 13.3. The molecule has 4 nitrogen and oxygen atoms in total. The maximum Gasteiger partial charge on any atom is 0.314 e. The third kappa shape index (κ3) is 4.91. The molecular formula is C21H22F3NO3. The zero-order chi connectivity index (χ0) is 20.8. The van der Waals surface area contributed by atoms with Crippen molar-refractivity contribution >= 4 is 17.6 Å². The first-order valence-electron chi connectivity index (χ1n) is 8.96. The van der Waals surface area contributed by atoms with Crippen LogP contribution in [0.1, 0.15) is 38.7 Å². The van der Waals surface area contributed by atoms with Gasteiger partial charge < -0.3 is 10.1 Å². The summed E-state index contributed by atoms with van der Waals surface area (Å²) in [5.41, 5.74) is 0.231. The second-order valence-corrected chi connectivity index (χ2v) is 6.57. The molecule has 2 rings (SSSR count). The zero-order valence-electron chi connectivity index (χ0n) is 15.8. The Labute approximate surface area is 161 Å². The maximum atomic E-state index is 13.7. The molecule has 0 aromatic heterocycles. The molecule has 0 aliphatic heterocycles. The van der Waals surface area contributed by atoms with Crippen LogP contribution in [0.4, 0.5) is 18.9 Å². The van der Waals surface area contributed by atoms with Crippen molar-refractivity contribution in [3.63, 3.8) is 0 Å². The number of carbonyl (C=O) groups excluding carboxylic acids is 2. The van der Waals surface area contributed by atoms with Gasteiger partial charge in [-0.15, -0.1) is 0 Å². The summed E-state index contributed by atoms with van der Waals surface area (Å²) in [6, 6.07) is 10.6. The molecule has 0 radical (unpaired) electrons. The van der Waals surface area contributed by atoms with Crippen molar-refractivity contribution in [1.82, 2.24) is 0 Å². The lowest BCUT2D eigenvalue weighted by molar-refractivity contribution is -0.155. The predicted octanol–water partition coefficient (Wildman–Crippen LogP) is 4.80. The van der Waals surface area contributed by atoms with Crippen LogP contribution in [0, 0.1) is 23.4 Å². The summed E-state index contributed by atoms with van der Waals surface area (Å²) in [6.45, 7) is 5.17. The van der Waals surface area contributed by atoms with Crippen LogP contribution in [0.25, 0.3) is 0 Å². The van der Waals surface area contributed by atoms with Gasteiger partial charge in [0.15, 0.2) is 23.6 Å². The molecule has 0 spiro atoms. The molecule has 1 amide bonds. The molecule has 0 aliphatic rings. The lowest BCUT2D eigenvalue weighted by Crippen LogP contribution is -2.33. The monoisotopic (exact) mass is 393 g/mol. The molecule has 2 aromatic rings. The number of nitrogens with one attached hydrogen (secondary N) is 1. The van der Waals surface area contributed by atoms with Gasteiger partial charge in [0, 0.05) is 0 Å². The fourth-order valence-electron chi connectivity index (χ4n) is 2.75. The molecule has 1 N–H and O–H groups in total. The van der Waals surface area contributed by atoms with E-state index in [1.54, 1.807) is 24.3 Å². The van der Waals surface area contributed by atoms with E-state index in [4.69, 9.17) is 4.74 Å². The van der Waals surface area contributed by atoms with Crippen LogP contribution in [0.2, 0.25) is 0 Å². The Morgan fingerprint density at radius 1 is 1.00 bits per heavy atom. The Bertz CT molecular complexity index is 842. The minimum atomic E-state index is -1.69. The van der Waals surface area contributed by atoms with Crippen LogP contribution in [-0.2, 0) is 14.3 Å². The van der Waals surface area contributed by atoms with Crippen molar-refractivity contribution in [3.05, 3.63) is 65.5 Å². The Morgan fingerprint density at radius 2 is 1.64 bits per heavy atom. The summed E-state index contributed by atoms with van der Waals surface area (Å²) in [7, 11) is 0. The van der Waals surface area contributed by atoms with Crippen LogP contribution in [0.5, 0.6) is 0 Å². The van der Waals surface area contributed by atoms with Crippen LogP contribution >= 0.6 is 0 Å². The normalized spacial score (nSPS) is 14.1. The average molecular weight is 393 g/mol. The van der Waals surface area contributed by atoms with E-state index in [2.05, 4.69) is 5.32 Å². The van der Waals surface area contributed by atoms with E-state index in [-0.39, 0.29) is 5.92 Å². The Morgan fingerprint density at radius 3 is 2.25 bits per heavy atom. The van der Waals surface area contributed by atoms with E-state index in [0.29, 0.717) is 6.07 Å². The van der Waals surface area contributed by atoms with Crippen molar-refractivity contribution in [1.29, 1.82) is 0 Å². The summed E-state index contributed by atoms with van der Waals surface area (Å²) >= 11 is 0. The molecule has 0 saturated heterocycles. The van der Waals surface area contributed by atoms with Gasteiger partial charge in [-0.3, -0.25) is 9.59 Å². The van der Waals surface area contributed by atoms with Gasteiger partial charge in [-0.05, 0) is 30.5 Å². The first-order valence-corrected chi connectivity index (χ1v) is 8.96. The van der Waals surface area contributed by atoms with E-state index in [1.165, 1.54) is 6.92 Å². The van der Waals surface area contributed by atoms with E-state index < -0.39 is 47.0 Å². The van der Waals surface area contributed by atoms with Crippen LogP contribution in [-0.4, -0.2) is 18.0 Å². The maximum absolute atomic E-state index is 13.7. The highest BCUT2D eigenvalue weighted by Crippen LogP contribution is 2.29. The van der Waals surface area contributed by atoms with E-state index in [1.807, 2.05) is 19.9 Å². The Kier molecular flexibility index (Phi) is 7.20. The highest BCUT2D eigenvalue weighted by molar-refractivity contribution is 5.95. The van der Waals surface area contributed by atoms with Gasteiger partial charge in [-0.25, -0.2) is 13.2 Å². The third-order valence-electron chi connectivity index (χ3n) is 4.58. The average Bonchev–Trinajstić information content (AvgIpc) is 2.69. The lowest BCUT2D eigenvalue weighted by Gasteiger charge is -2.24. The van der Waals surface area contributed by atoms with Gasteiger partial charge in [0.1, 0.15) is 0 Å². The van der Waals surface area contributed by atoms with Crippen LogP contribution in [0.3, 0.4) is 0 Å². The van der Waals surface area contributed by atoms with Crippen molar-refractivity contribution in [2.24, 2.45) is 5.92 Å². The largest absolute Gasteiger partial charge is 0.452 e. The molecule has 0 bridgehead atoms. The number of carbonyl (C=O) groups is 2. The number of benzene rings is 2. The topological polar surface area (TPSA) is 55.4 Å². The smallest absolute Gasteiger partial charge is 0.314 e. The zero-order valence-corrected chi connectivity index (χ0v) is 15.8. The lowest BCUT2D eigenvalue weighted by atomic mass is 9.85. The van der Waals surface area contributed by atoms with Gasteiger partial charge in [0.2, 0.25) is 0 Å². The van der Waals surface area contributed by atoms with E-state index in [9.17, 15) is 22.8 Å². The number of hydrogen-bond donors (Lipinski definition) is 1. The molecule has 3 unspecified atom stereocenters. The van der Waals surface area contributed by atoms with E-state index >= 15 is 0 Å². The third-order valence-corrected chi connectivity index (χ3v) is 4.58. The number of esters is 1. The summed E-state index contributed by atoms with van der Waals surface area (Å²) in [4.78, 5) is 24.9. The van der Waals surface area contributed by atoms with Crippen molar-refractivity contribution in [2.75, 3.05) is 5.32 Å². The molecule has 2 aromatic carbocycles. The van der Waals surface area contributed by atoms with E-state index in [0.717, 1.165) is 18.1 Å². The quantitative estimate of drug-likeness (QED) is 0.543. The number of rotatable bonds is 7. The molecule has 0 heterocycles. The van der Waals surface area contributed by atoms with Gasteiger partial charge >= 0.3 is 5.97 Å². The van der Waals surface area contributed by atoms with Crippen LogP contribution in [0.15, 0.2) is 42.5 Å². The SMILES string of the molecule is CCC(C)C(C(=O)OC(C)C(=O)Nc1ccc(F)c(F)c1F)c1ccccc1. The summed E-state index contributed by atoms with van der Waals surface area (Å²) in [6.07, 6.45) is -0.537. The van der Waals surface area contributed by atoms with Crippen molar-refractivity contribution in [3.8, 4) is 0 Å². The molecule has 28 heavy (non-hydrogen) atoms. The van der Waals surface area contributed by atoms with Gasteiger partial charge in [-0.1, -0.05) is 50.6 Å². The molecule has 7 heteroatoms. The van der Waals surface area contributed by atoms with Crippen molar-refractivity contribution in [2.45, 2.75) is 39.2 Å². The molecule has 3 atom stereocenters. The van der Waals surface area contributed by atoms with Gasteiger partial charge in [0.25, 0.3) is 5.91 Å². The standard InChI is InChI=1S/C21H22F3NO3/c1-4-12(2)17(14-8-6-5-7-9-14)21(27)28-13(3)20(26)25-16-11-10-15(22)18(23)19(16)24/h5-13,17H,4H2,1-3H3,(H,25,26). The van der Waals surface area contributed by atoms with Crippen molar-refractivity contribution < 1.29 is 27.5 Å². The number of anilines is 1. The highest BCUT2D eigenvalue weighted by atomic mass is 19.2. The summed E-state index contributed by atoms with van der Waals surface area (Å²) < 4.78 is 45.3. The number of amides is 1. The summed E-state index contributed by atoms with van der Waals surface area (Å²) in [5, 5.41) is 2.11. The van der Waals surface area contributed by atoms with Gasteiger partial charge in [0.05, 0.1) is 11.6 Å². The molecule has 150 valence electrons. The number of ether oxygens (including phenoxy) is 1.